The number of nitrogens with two attached hydrogens (primary N) is 1. The zero-order valence-electron chi connectivity index (χ0n) is 10.0. The number of aryl methyl sites for hydroxylation is 1. The third kappa shape index (κ3) is 2.88. The minimum absolute atomic E-state index is 0.0617. The molecule has 2 nitrogen and oxygen atoms in total. The van der Waals surface area contributed by atoms with E-state index in [4.69, 9.17) is 28.9 Å². The summed E-state index contributed by atoms with van der Waals surface area (Å²) in [6, 6.07) is 7.07. The lowest BCUT2D eigenvalue weighted by atomic mass is 10.0. The molecule has 19 heavy (non-hydrogen) atoms. The molecule has 2 aromatic carbocycles. The van der Waals surface area contributed by atoms with Crippen molar-refractivity contribution >= 4 is 34.7 Å². The molecule has 0 aromatic heterocycles. The summed E-state index contributed by atoms with van der Waals surface area (Å²) >= 11 is 11.8. The van der Waals surface area contributed by atoms with E-state index in [0.29, 0.717) is 21.8 Å². The Bertz CT molecular complexity index is 650. The third-order valence-electron chi connectivity index (χ3n) is 2.68. The number of ketones is 1. The molecule has 0 aliphatic heterocycles. The highest BCUT2D eigenvalue weighted by atomic mass is 35.5. The van der Waals surface area contributed by atoms with E-state index in [1.54, 1.807) is 6.92 Å². The van der Waals surface area contributed by atoms with Crippen LogP contribution in [0.2, 0.25) is 10.0 Å². The molecule has 0 atom stereocenters. The van der Waals surface area contributed by atoms with E-state index < -0.39 is 5.82 Å². The first-order chi connectivity index (χ1) is 8.88. The lowest BCUT2D eigenvalue weighted by molar-refractivity contribution is 0.103. The van der Waals surface area contributed by atoms with Crippen LogP contribution in [0.25, 0.3) is 0 Å². The van der Waals surface area contributed by atoms with E-state index in [-0.39, 0.29) is 16.4 Å². The largest absolute Gasteiger partial charge is 0.399 e. The third-order valence-corrected chi connectivity index (χ3v) is 3.21. The molecule has 0 unspecified atom stereocenters. The van der Waals surface area contributed by atoms with Crippen LogP contribution in [0, 0.1) is 12.7 Å². The van der Waals surface area contributed by atoms with Gasteiger partial charge < -0.3 is 5.73 Å². The molecule has 0 bridgehead atoms. The van der Waals surface area contributed by atoms with Crippen molar-refractivity contribution in [3.8, 4) is 0 Å². The fourth-order valence-electron chi connectivity index (χ4n) is 1.73. The van der Waals surface area contributed by atoms with Crippen LogP contribution in [0.4, 0.5) is 10.1 Å². The molecular weight excluding hydrogens is 288 g/mol. The zero-order chi connectivity index (χ0) is 14.2. The van der Waals surface area contributed by atoms with Gasteiger partial charge in [-0.25, -0.2) is 4.39 Å². The number of nitrogen functional groups attached to an aromatic ring is 1. The van der Waals surface area contributed by atoms with E-state index in [2.05, 4.69) is 0 Å². The van der Waals surface area contributed by atoms with Crippen molar-refractivity contribution in [2.24, 2.45) is 0 Å². The Morgan fingerprint density at radius 2 is 1.84 bits per heavy atom. The maximum atomic E-state index is 13.3. The number of halogens is 3. The van der Waals surface area contributed by atoms with Crippen LogP contribution in [0.15, 0.2) is 30.3 Å². The van der Waals surface area contributed by atoms with Gasteiger partial charge in [0.1, 0.15) is 5.82 Å². The zero-order valence-corrected chi connectivity index (χ0v) is 11.5. The monoisotopic (exact) mass is 297 g/mol. The molecule has 2 rings (SSSR count). The van der Waals surface area contributed by atoms with Crippen LogP contribution < -0.4 is 5.73 Å². The van der Waals surface area contributed by atoms with Crippen molar-refractivity contribution in [1.82, 2.24) is 0 Å². The quantitative estimate of drug-likeness (QED) is 0.665. The number of rotatable bonds is 2. The van der Waals surface area contributed by atoms with Gasteiger partial charge >= 0.3 is 0 Å². The standard InChI is InChI=1S/C14H10Cl2FNO/c1-7-2-11(12(16)6-13(7)17)14(19)8-3-9(15)5-10(18)4-8/h2-6H,18H2,1H3. The van der Waals surface area contributed by atoms with Gasteiger partial charge in [-0.2, -0.15) is 0 Å². The first-order valence-corrected chi connectivity index (χ1v) is 6.20. The normalized spacial score (nSPS) is 10.5. The molecule has 0 fully saturated rings. The number of anilines is 1. The first-order valence-electron chi connectivity index (χ1n) is 5.45. The Labute approximate surface area is 119 Å². The maximum Gasteiger partial charge on any atom is 0.194 e. The average molecular weight is 298 g/mol. The van der Waals surface area contributed by atoms with Crippen LogP contribution in [0.1, 0.15) is 21.5 Å². The maximum absolute atomic E-state index is 13.3. The van der Waals surface area contributed by atoms with Gasteiger partial charge in [-0.3, -0.25) is 4.79 Å². The van der Waals surface area contributed by atoms with Gasteiger partial charge in [-0.05, 0) is 42.8 Å². The summed E-state index contributed by atoms with van der Waals surface area (Å²) in [5.74, 6) is -0.797. The molecule has 0 aliphatic rings. The summed E-state index contributed by atoms with van der Waals surface area (Å²) in [4.78, 5) is 12.3. The van der Waals surface area contributed by atoms with E-state index >= 15 is 0 Å². The van der Waals surface area contributed by atoms with Crippen LogP contribution in [0.5, 0.6) is 0 Å². The molecular formula is C14H10Cl2FNO. The molecule has 0 saturated carbocycles. The van der Waals surface area contributed by atoms with E-state index in [0.717, 1.165) is 6.07 Å². The fourth-order valence-corrected chi connectivity index (χ4v) is 2.21. The van der Waals surface area contributed by atoms with Crippen molar-refractivity contribution in [1.29, 1.82) is 0 Å². The molecule has 2 aromatic rings. The Kier molecular flexibility index (Phi) is 3.78. The van der Waals surface area contributed by atoms with Crippen molar-refractivity contribution < 1.29 is 9.18 Å². The number of benzene rings is 2. The molecule has 2 N–H and O–H groups in total. The molecule has 0 spiro atoms. The SMILES string of the molecule is Cc1cc(C(=O)c2cc(N)cc(Cl)c2)c(Cl)cc1F. The minimum atomic E-state index is -0.452. The van der Waals surface area contributed by atoms with Crippen LogP contribution >= 0.6 is 23.2 Å². The van der Waals surface area contributed by atoms with Gasteiger partial charge in [0.2, 0.25) is 0 Å². The lowest BCUT2D eigenvalue weighted by Crippen LogP contribution is -2.04. The minimum Gasteiger partial charge on any atom is -0.399 e. The van der Waals surface area contributed by atoms with E-state index in [9.17, 15) is 9.18 Å². The van der Waals surface area contributed by atoms with Gasteiger partial charge in [0.25, 0.3) is 0 Å². The van der Waals surface area contributed by atoms with Gasteiger partial charge in [-0.15, -0.1) is 0 Å². The number of carbonyl (C=O) groups excluding carboxylic acids is 1. The smallest absolute Gasteiger partial charge is 0.194 e. The summed E-state index contributed by atoms with van der Waals surface area (Å²) in [5, 5.41) is 0.421. The molecule has 98 valence electrons. The summed E-state index contributed by atoms with van der Waals surface area (Å²) in [7, 11) is 0. The first kappa shape index (κ1) is 13.8. The van der Waals surface area contributed by atoms with Gasteiger partial charge in [0, 0.05) is 21.8 Å². The average Bonchev–Trinajstić information content (AvgIpc) is 2.31. The Morgan fingerprint density at radius 3 is 2.47 bits per heavy atom. The second kappa shape index (κ2) is 5.19. The molecule has 0 heterocycles. The van der Waals surface area contributed by atoms with Gasteiger partial charge in [0.05, 0.1) is 5.02 Å². The second-order valence-electron chi connectivity index (χ2n) is 4.18. The van der Waals surface area contributed by atoms with Crippen molar-refractivity contribution in [3.63, 3.8) is 0 Å². The summed E-state index contributed by atoms with van der Waals surface area (Å²) in [6.07, 6.45) is 0. The van der Waals surface area contributed by atoms with Crippen molar-refractivity contribution in [3.05, 3.63) is 62.9 Å². The molecule has 0 radical (unpaired) electrons. The summed E-state index contributed by atoms with van der Waals surface area (Å²) in [5.41, 5.74) is 6.91. The van der Waals surface area contributed by atoms with E-state index in [1.807, 2.05) is 0 Å². The highest BCUT2D eigenvalue weighted by Crippen LogP contribution is 2.25. The highest BCUT2D eigenvalue weighted by molar-refractivity contribution is 6.35. The summed E-state index contributed by atoms with van der Waals surface area (Å²) in [6.45, 7) is 1.56. The van der Waals surface area contributed by atoms with Gasteiger partial charge in [0.15, 0.2) is 5.78 Å². The van der Waals surface area contributed by atoms with Crippen molar-refractivity contribution in [2.75, 3.05) is 5.73 Å². The van der Waals surface area contributed by atoms with Gasteiger partial charge in [-0.1, -0.05) is 23.2 Å². The van der Waals surface area contributed by atoms with Crippen LogP contribution in [-0.4, -0.2) is 5.78 Å². The Morgan fingerprint density at radius 1 is 1.16 bits per heavy atom. The van der Waals surface area contributed by atoms with Crippen molar-refractivity contribution in [2.45, 2.75) is 6.92 Å². The van der Waals surface area contributed by atoms with Crippen LogP contribution in [-0.2, 0) is 0 Å². The topological polar surface area (TPSA) is 43.1 Å². The Hall–Kier alpha value is -1.58. The lowest BCUT2D eigenvalue weighted by Gasteiger charge is -2.07. The number of hydrogen-bond acceptors (Lipinski definition) is 2. The number of hydrogen-bond donors (Lipinski definition) is 1. The predicted molar refractivity (Wildman–Crippen MR) is 75.4 cm³/mol. The van der Waals surface area contributed by atoms with E-state index in [1.165, 1.54) is 24.3 Å². The Balaban J connectivity index is 2.53. The molecule has 5 heteroatoms. The molecule has 0 amide bonds. The van der Waals surface area contributed by atoms with Crippen LogP contribution in [0.3, 0.4) is 0 Å². The summed E-state index contributed by atoms with van der Waals surface area (Å²) < 4.78 is 13.3. The number of carbonyl (C=O) groups is 1. The fraction of sp³-hybridized carbons (Fsp3) is 0.0714. The molecule has 0 saturated heterocycles. The second-order valence-corrected chi connectivity index (χ2v) is 5.03. The highest BCUT2D eigenvalue weighted by Gasteiger charge is 2.16. The predicted octanol–water partition coefficient (Wildman–Crippen LogP) is 4.25. The molecule has 0 aliphatic carbocycles.